The van der Waals surface area contributed by atoms with Gasteiger partial charge in [-0.25, -0.2) is 0 Å². The molecule has 0 bridgehead atoms. The van der Waals surface area contributed by atoms with Crippen LogP contribution in [0.2, 0.25) is 0 Å². The molecule has 14 heavy (non-hydrogen) atoms. The molecule has 0 aliphatic carbocycles. The zero-order valence-corrected chi connectivity index (χ0v) is 9.75. The van der Waals surface area contributed by atoms with Crippen LogP contribution in [-0.2, 0) is 4.74 Å². The van der Waals surface area contributed by atoms with Gasteiger partial charge in [-0.15, -0.1) is 0 Å². The molecule has 0 aromatic rings. The molecule has 3 nitrogen and oxygen atoms in total. The number of ether oxygens (including phenoxy) is 1. The van der Waals surface area contributed by atoms with Crippen LogP contribution in [0.25, 0.3) is 0 Å². The van der Waals surface area contributed by atoms with E-state index < -0.39 is 0 Å². The average Bonchev–Trinajstić information content (AvgIpc) is 2.08. The second kappa shape index (κ2) is 5.10. The Labute approximate surface area is 87.6 Å². The lowest BCUT2D eigenvalue weighted by Crippen LogP contribution is -2.69. The molecule has 1 aliphatic heterocycles. The SMILES string of the molecule is COCCCCN1CC(N)(C(C)C)C1. The second-order valence-electron chi connectivity index (χ2n) is 4.80. The van der Waals surface area contributed by atoms with Crippen LogP contribution in [0.5, 0.6) is 0 Å². The molecular weight excluding hydrogens is 176 g/mol. The number of unbranched alkanes of at least 4 members (excludes halogenated alkanes) is 1. The standard InChI is InChI=1S/C11H24N2O/c1-10(2)11(12)8-13(9-11)6-4-5-7-14-3/h10H,4-9,12H2,1-3H3. The number of nitrogens with zero attached hydrogens (tertiary/aromatic N) is 1. The summed E-state index contributed by atoms with van der Waals surface area (Å²) < 4.78 is 5.01. The number of nitrogens with two attached hydrogens (primary N) is 1. The Morgan fingerprint density at radius 2 is 2.00 bits per heavy atom. The minimum atomic E-state index is 0.0846. The van der Waals surface area contributed by atoms with E-state index >= 15 is 0 Å². The maximum atomic E-state index is 6.20. The van der Waals surface area contributed by atoms with E-state index in [2.05, 4.69) is 18.7 Å². The molecule has 1 fully saturated rings. The fraction of sp³-hybridized carbons (Fsp3) is 1.00. The number of rotatable bonds is 6. The van der Waals surface area contributed by atoms with Gasteiger partial charge in [-0.05, 0) is 25.3 Å². The maximum absolute atomic E-state index is 6.20. The number of hydrogen-bond acceptors (Lipinski definition) is 3. The molecule has 0 amide bonds. The van der Waals surface area contributed by atoms with Crippen LogP contribution >= 0.6 is 0 Å². The second-order valence-corrected chi connectivity index (χ2v) is 4.80. The van der Waals surface area contributed by atoms with Gasteiger partial charge in [-0.3, -0.25) is 4.90 Å². The summed E-state index contributed by atoms with van der Waals surface area (Å²) >= 11 is 0. The number of hydrogen-bond donors (Lipinski definition) is 1. The molecule has 0 atom stereocenters. The van der Waals surface area contributed by atoms with Crippen molar-refractivity contribution in [3.05, 3.63) is 0 Å². The quantitative estimate of drug-likeness (QED) is 0.652. The van der Waals surface area contributed by atoms with Gasteiger partial charge in [0.05, 0.1) is 0 Å². The van der Waals surface area contributed by atoms with E-state index in [0.29, 0.717) is 5.92 Å². The highest BCUT2D eigenvalue weighted by molar-refractivity contribution is 5.01. The van der Waals surface area contributed by atoms with Crippen LogP contribution < -0.4 is 5.73 Å². The predicted molar refractivity (Wildman–Crippen MR) is 59.3 cm³/mol. The van der Waals surface area contributed by atoms with Gasteiger partial charge in [0.2, 0.25) is 0 Å². The van der Waals surface area contributed by atoms with Crippen molar-refractivity contribution >= 4 is 0 Å². The van der Waals surface area contributed by atoms with Gasteiger partial charge in [0.15, 0.2) is 0 Å². The summed E-state index contributed by atoms with van der Waals surface area (Å²) in [5.74, 6) is 0.595. The third-order valence-electron chi connectivity index (χ3n) is 3.26. The highest BCUT2D eigenvalue weighted by Crippen LogP contribution is 2.25. The summed E-state index contributed by atoms with van der Waals surface area (Å²) in [6, 6.07) is 0. The lowest BCUT2D eigenvalue weighted by atomic mass is 9.80. The van der Waals surface area contributed by atoms with Gasteiger partial charge in [0.1, 0.15) is 0 Å². The van der Waals surface area contributed by atoms with Crippen molar-refractivity contribution < 1.29 is 4.74 Å². The van der Waals surface area contributed by atoms with Crippen LogP contribution in [0.3, 0.4) is 0 Å². The van der Waals surface area contributed by atoms with E-state index in [-0.39, 0.29) is 5.54 Å². The van der Waals surface area contributed by atoms with E-state index in [9.17, 15) is 0 Å². The molecule has 1 saturated heterocycles. The normalized spacial score (nSPS) is 21.2. The molecule has 1 rings (SSSR count). The highest BCUT2D eigenvalue weighted by Gasteiger charge is 2.41. The molecule has 2 N–H and O–H groups in total. The van der Waals surface area contributed by atoms with E-state index in [0.717, 1.165) is 26.1 Å². The van der Waals surface area contributed by atoms with E-state index in [1.165, 1.54) is 13.0 Å². The molecule has 0 aromatic heterocycles. The molecule has 0 unspecified atom stereocenters. The summed E-state index contributed by atoms with van der Waals surface area (Å²) in [6.45, 7) is 8.61. The fourth-order valence-electron chi connectivity index (χ4n) is 1.89. The molecule has 1 heterocycles. The maximum Gasteiger partial charge on any atom is 0.0462 e. The summed E-state index contributed by atoms with van der Waals surface area (Å²) in [6.07, 6.45) is 2.38. The largest absolute Gasteiger partial charge is 0.385 e. The van der Waals surface area contributed by atoms with Crippen molar-refractivity contribution in [1.29, 1.82) is 0 Å². The summed E-state index contributed by atoms with van der Waals surface area (Å²) in [5.41, 5.74) is 6.28. The van der Waals surface area contributed by atoms with Gasteiger partial charge >= 0.3 is 0 Å². The minimum absolute atomic E-state index is 0.0846. The van der Waals surface area contributed by atoms with Crippen molar-refractivity contribution in [3.8, 4) is 0 Å². The third kappa shape index (κ3) is 2.94. The predicted octanol–water partition coefficient (Wildman–Crippen LogP) is 1.08. The highest BCUT2D eigenvalue weighted by atomic mass is 16.5. The van der Waals surface area contributed by atoms with Crippen LogP contribution in [0.1, 0.15) is 26.7 Å². The van der Waals surface area contributed by atoms with E-state index in [1.54, 1.807) is 7.11 Å². The van der Waals surface area contributed by atoms with Crippen LogP contribution in [0.15, 0.2) is 0 Å². The first-order chi connectivity index (χ1) is 6.58. The smallest absolute Gasteiger partial charge is 0.0462 e. The first-order valence-electron chi connectivity index (χ1n) is 5.58. The van der Waals surface area contributed by atoms with Gasteiger partial charge < -0.3 is 10.5 Å². The molecule has 0 radical (unpaired) electrons. The molecular formula is C11H24N2O. The Morgan fingerprint density at radius 3 is 2.50 bits per heavy atom. The first-order valence-corrected chi connectivity index (χ1v) is 5.58. The lowest BCUT2D eigenvalue weighted by Gasteiger charge is -2.50. The lowest BCUT2D eigenvalue weighted by molar-refractivity contribution is 0.0352. The topological polar surface area (TPSA) is 38.5 Å². The zero-order chi connectivity index (χ0) is 10.6. The van der Waals surface area contributed by atoms with Gasteiger partial charge in [-0.1, -0.05) is 13.8 Å². The van der Waals surface area contributed by atoms with Crippen LogP contribution in [0, 0.1) is 5.92 Å². The van der Waals surface area contributed by atoms with Crippen molar-refractivity contribution in [1.82, 2.24) is 4.90 Å². The molecule has 3 heteroatoms. The first kappa shape index (κ1) is 12.0. The monoisotopic (exact) mass is 200 g/mol. The Balaban J connectivity index is 2.04. The van der Waals surface area contributed by atoms with Crippen molar-refractivity contribution in [3.63, 3.8) is 0 Å². The molecule has 1 aliphatic rings. The van der Waals surface area contributed by atoms with E-state index in [1.807, 2.05) is 0 Å². The van der Waals surface area contributed by atoms with E-state index in [4.69, 9.17) is 10.5 Å². The summed E-state index contributed by atoms with van der Waals surface area (Å²) in [5, 5.41) is 0. The molecule has 84 valence electrons. The van der Waals surface area contributed by atoms with Crippen molar-refractivity contribution in [2.24, 2.45) is 11.7 Å². The summed E-state index contributed by atoms with van der Waals surface area (Å²) in [7, 11) is 1.76. The average molecular weight is 200 g/mol. The fourth-order valence-corrected chi connectivity index (χ4v) is 1.89. The Morgan fingerprint density at radius 1 is 1.36 bits per heavy atom. The molecule has 0 saturated carbocycles. The van der Waals surface area contributed by atoms with Crippen LogP contribution in [0.4, 0.5) is 0 Å². The van der Waals surface area contributed by atoms with Gasteiger partial charge in [0, 0.05) is 32.3 Å². The Hall–Kier alpha value is -0.120. The number of likely N-dealkylation sites (tertiary alicyclic amines) is 1. The molecule has 0 aromatic carbocycles. The third-order valence-corrected chi connectivity index (χ3v) is 3.26. The minimum Gasteiger partial charge on any atom is -0.385 e. The van der Waals surface area contributed by atoms with Crippen molar-refractivity contribution in [2.75, 3.05) is 33.4 Å². The molecule has 0 spiro atoms. The van der Waals surface area contributed by atoms with Crippen LogP contribution in [-0.4, -0.2) is 43.8 Å². The van der Waals surface area contributed by atoms with Crippen molar-refractivity contribution in [2.45, 2.75) is 32.2 Å². The van der Waals surface area contributed by atoms with Gasteiger partial charge in [-0.2, -0.15) is 0 Å². The summed E-state index contributed by atoms with van der Waals surface area (Å²) in [4.78, 5) is 2.44. The Bertz CT molecular complexity index is 165. The van der Waals surface area contributed by atoms with Gasteiger partial charge in [0.25, 0.3) is 0 Å². The number of methoxy groups -OCH3 is 1. The Kier molecular flexibility index (Phi) is 4.35. The zero-order valence-electron chi connectivity index (χ0n) is 9.75.